The predicted octanol–water partition coefficient (Wildman–Crippen LogP) is 4.85. The number of ether oxygens (including phenoxy) is 1. The molecule has 0 atom stereocenters. The first-order chi connectivity index (χ1) is 16.1. The first-order valence-corrected chi connectivity index (χ1v) is 11.1. The van der Waals surface area contributed by atoms with Gasteiger partial charge < -0.3 is 9.64 Å². The van der Waals surface area contributed by atoms with E-state index in [9.17, 15) is 9.59 Å². The van der Waals surface area contributed by atoms with Gasteiger partial charge in [-0.1, -0.05) is 72.8 Å². The van der Waals surface area contributed by atoms with Crippen LogP contribution in [-0.4, -0.2) is 24.4 Å². The van der Waals surface area contributed by atoms with Crippen LogP contribution in [0.4, 0.5) is 10.5 Å². The number of benzene rings is 3. The summed E-state index contributed by atoms with van der Waals surface area (Å²) < 4.78 is 5.16. The fraction of sp³-hybridized carbons (Fsp3) is 0.222. The number of aryl methyl sites for hydroxylation is 2. The van der Waals surface area contributed by atoms with Crippen molar-refractivity contribution in [1.29, 1.82) is 5.41 Å². The van der Waals surface area contributed by atoms with Crippen molar-refractivity contribution in [3.05, 3.63) is 101 Å². The average molecular weight is 442 g/mol. The van der Waals surface area contributed by atoms with Gasteiger partial charge >= 0.3 is 6.09 Å². The first kappa shape index (κ1) is 22.3. The number of nitrogens with zero attached hydrogens (tertiary/aromatic N) is 1. The second-order valence-corrected chi connectivity index (χ2v) is 8.04. The van der Waals surface area contributed by atoms with Gasteiger partial charge in [0.2, 0.25) is 5.91 Å². The van der Waals surface area contributed by atoms with E-state index >= 15 is 0 Å². The maximum atomic E-state index is 12.8. The molecule has 0 aromatic heterocycles. The lowest BCUT2D eigenvalue weighted by Gasteiger charge is -2.29. The lowest BCUT2D eigenvalue weighted by Crippen LogP contribution is -2.35. The van der Waals surface area contributed by atoms with Gasteiger partial charge in [0.15, 0.2) is 0 Å². The standard InChI is InChI=1S/C27H27N3O3/c28-26(29-27(32)33-19-21-7-2-1-3-8-21)23-15-12-20(13-16-23)14-17-25(31)30-18-6-10-22-9-4-5-11-24(22)30/h1-5,7-9,11-13,15-16H,6,10,14,17-19H2,(H2,28,29,32). The summed E-state index contributed by atoms with van der Waals surface area (Å²) in [5.41, 5.74) is 4.73. The number of carbonyl (C=O) groups excluding carboxylic acids is 2. The highest BCUT2D eigenvalue weighted by molar-refractivity contribution is 6.04. The quantitative estimate of drug-likeness (QED) is 0.424. The second-order valence-electron chi connectivity index (χ2n) is 8.04. The molecule has 4 rings (SSSR count). The molecule has 6 heteroatoms. The maximum Gasteiger partial charge on any atom is 0.413 e. The molecule has 1 aliphatic heterocycles. The van der Waals surface area contributed by atoms with Gasteiger partial charge in [0, 0.05) is 24.2 Å². The Labute approximate surface area is 193 Å². The Balaban J connectivity index is 1.26. The molecule has 0 unspecified atom stereocenters. The van der Waals surface area contributed by atoms with Gasteiger partial charge in [0.25, 0.3) is 0 Å². The van der Waals surface area contributed by atoms with Crippen molar-refractivity contribution >= 4 is 23.5 Å². The molecule has 3 aromatic rings. The summed E-state index contributed by atoms with van der Waals surface area (Å²) >= 11 is 0. The lowest BCUT2D eigenvalue weighted by atomic mass is 10.0. The zero-order chi connectivity index (χ0) is 23.0. The van der Waals surface area contributed by atoms with Crippen molar-refractivity contribution in [2.24, 2.45) is 0 Å². The fourth-order valence-electron chi connectivity index (χ4n) is 3.95. The summed E-state index contributed by atoms with van der Waals surface area (Å²) in [6.07, 6.45) is 2.38. The van der Waals surface area contributed by atoms with Crippen molar-refractivity contribution in [1.82, 2.24) is 5.32 Å². The van der Waals surface area contributed by atoms with Crippen molar-refractivity contribution in [3.63, 3.8) is 0 Å². The second kappa shape index (κ2) is 10.6. The summed E-state index contributed by atoms with van der Waals surface area (Å²) in [4.78, 5) is 26.7. The van der Waals surface area contributed by atoms with E-state index < -0.39 is 6.09 Å². The number of fused-ring (bicyclic) bond motifs is 1. The highest BCUT2D eigenvalue weighted by atomic mass is 16.5. The van der Waals surface area contributed by atoms with Crippen LogP contribution in [-0.2, 0) is 29.0 Å². The lowest BCUT2D eigenvalue weighted by molar-refractivity contribution is -0.118. The molecular weight excluding hydrogens is 414 g/mol. The van der Waals surface area contributed by atoms with Crippen LogP contribution >= 0.6 is 0 Å². The van der Waals surface area contributed by atoms with Crippen molar-refractivity contribution < 1.29 is 14.3 Å². The summed E-state index contributed by atoms with van der Waals surface area (Å²) in [5, 5.41) is 10.6. The minimum atomic E-state index is -0.666. The summed E-state index contributed by atoms with van der Waals surface area (Å²) in [6.45, 7) is 0.909. The third-order valence-electron chi connectivity index (χ3n) is 5.72. The normalized spacial score (nSPS) is 12.5. The van der Waals surface area contributed by atoms with Gasteiger partial charge in [0.05, 0.1) is 0 Å². The van der Waals surface area contributed by atoms with E-state index in [2.05, 4.69) is 11.4 Å². The largest absolute Gasteiger partial charge is 0.444 e. The molecule has 0 fully saturated rings. The Hall–Kier alpha value is -3.93. The molecule has 168 valence electrons. The van der Waals surface area contributed by atoms with Crippen LogP contribution < -0.4 is 10.2 Å². The van der Waals surface area contributed by atoms with Gasteiger partial charge in [-0.2, -0.15) is 0 Å². The summed E-state index contributed by atoms with van der Waals surface area (Å²) in [6, 6.07) is 24.8. The molecule has 6 nitrogen and oxygen atoms in total. The van der Waals surface area contributed by atoms with Crippen LogP contribution in [0.15, 0.2) is 78.9 Å². The Morgan fingerprint density at radius 1 is 0.909 bits per heavy atom. The number of anilines is 1. The van der Waals surface area contributed by atoms with E-state index in [-0.39, 0.29) is 18.3 Å². The maximum absolute atomic E-state index is 12.8. The van der Waals surface area contributed by atoms with Crippen molar-refractivity contribution in [2.45, 2.75) is 32.3 Å². The van der Waals surface area contributed by atoms with E-state index in [1.807, 2.05) is 65.6 Å². The highest BCUT2D eigenvalue weighted by Gasteiger charge is 2.21. The molecule has 33 heavy (non-hydrogen) atoms. The number of rotatable bonds is 6. The van der Waals surface area contributed by atoms with Crippen LogP contribution in [0.2, 0.25) is 0 Å². The Morgan fingerprint density at radius 2 is 1.64 bits per heavy atom. The molecule has 0 aliphatic carbocycles. The van der Waals surface area contributed by atoms with Crippen LogP contribution in [0.25, 0.3) is 0 Å². The topological polar surface area (TPSA) is 82.5 Å². The molecule has 0 spiro atoms. The smallest absolute Gasteiger partial charge is 0.413 e. The van der Waals surface area contributed by atoms with E-state index in [0.29, 0.717) is 18.4 Å². The number of nitrogens with one attached hydrogen (secondary N) is 2. The zero-order valence-electron chi connectivity index (χ0n) is 18.4. The third kappa shape index (κ3) is 5.86. The van der Waals surface area contributed by atoms with E-state index in [4.69, 9.17) is 10.1 Å². The van der Waals surface area contributed by atoms with Gasteiger partial charge in [-0.05, 0) is 42.0 Å². The highest BCUT2D eigenvalue weighted by Crippen LogP contribution is 2.27. The molecule has 0 bridgehead atoms. The SMILES string of the molecule is N=C(NC(=O)OCc1ccccc1)c1ccc(CCC(=O)N2CCCc3ccccc32)cc1. The van der Waals surface area contributed by atoms with Crippen LogP contribution in [0.3, 0.4) is 0 Å². The molecule has 3 aromatic carbocycles. The molecule has 0 saturated heterocycles. The molecule has 0 saturated carbocycles. The third-order valence-corrected chi connectivity index (χ3v) is 5.72. The number of hydrogen-bond acceptors (Lipinski definition) is 4. The molecule has 1 heterocycles. The number of hydrogen-bond donors (Lipinski definition) is 2. The first-order valence-electron chi connectivity index (χ1n) is 11.1. The minimum Gasteiger partial charge on any atom is -0.444 e. The number of para-hydroxylation sites is 1. The molecule has 2 amide bonds. The summed E-state index contributed by atoms with van der Waals surface area (Å²) in [7, 11) is 0. The monoisotopic (exact) mass is 441 g/mol. The van der Waals surface area contributed by atoms with Crippen LogP contribution in [0, 0.1) is 5.41 Å². The Morgan fingerprint density at radius 3 is 2.42 bits per heavy atom. The van der Waals surface area contributed by atoms with E-state index in [1.54, 1.807) is 12.1 Å². The van der Waals surface area contributed by atoms with Gasteiger partial charge in [-0.25, -0.2) is 4.79 Å². The average Bonchev–Trinajstić information content (AvgIpc) is 2.86. The number of amidine groups is 1. The number of alkyl carbamates (subject to hydrolysis) is 1. The fourth-order valence-corrected chi connectivity index (χ4v) is 3.95. The molecular formula is C27H27N3O3. The number of amides is 2. The zero-order valence-corrected chi connectivity index (χ0v) is 18.4. The Bertz CT molecular complexity index is 1130. The van der Waals surface area contributed by atoms with E-state index in [0.717, 1.165) is 36.2 Å². The van der Waals surface area contributed by atoms with E-state index in [1.165, 1.54) is 5.56 Å². The molecule has 2 N–H and O–H groups in total. The summed E-state index contributed by atoms with van der Waals surface area (Å²) in [5.74, 6) is 0.0995. The van der Waals surface area contributed by atoms with Gasteiger partial charge in [-0.15, -0.1) is 0 Å². The predicted molar refractivity (Wildman–Crippen MR) is 128 cm³/mol. The minimum absolute atomic E-state index is 0.0272. The van der Waals surface area contributed by atoms with Crippen molar-refractivity contribution in [3.8, 4) is 0 Å². The molecule has 1 aliphatic rings. The van der Waals surface area contributed by atoms with Crippen LogP contribution in [0.1, 0.15) is 35.1 Å². The van der Waals surface area contributed by atoms with Crippen molar-refractivity contribution in [2.75, 3.05) is 11.4 Å². The van der Waals surface area contributed by atoms with Crippen LogP contribution in [0.5, 0.6) is 0 Å². The molecule has 0 radical (unpaired) electrons. The number of carbonyl (C=O) groups is 2. The van der Waals surface area contributed by atoms with Gasteiger partial charge in [0.1, 0.15) is 12.4 Å². The van der Waals surface area contributed by atoms with Gasteiger partial charge in [-0.3, -0.25) is 15.5 Å². The Kier molecular flexibility index (Phi) is 7.15.